The molecule has 13 heavy (non-hydrogen) atoms. The average molecular weight is 186 g/mol. The van der Waals surface area contributed by atoms with Gasteiger partial charge in [0.25, 0.3) is 0 Å². The highest BCUT2D eigenvalue weighted by molar-refractivity contribution is 4.57. The van der Waals surface area contributed by atoms with Crippen molar-refractivity contribution in [1.82, 2.24) is 0 Å². The van der Waals surface area contributed by atoms with Gasteiger partial charge < -0.3 is 5.11 Å². The fraction of sp³-hybridized carbons (Fsp3) is 1.00. The van der Waals surface area contributed by atoms with Crippen molar-refractivity contribution < 1.29 is 5.11 Å². The van der Waals surface area contributed by atoms with Crippen LogP contribution in [-0.2, 0) is 0 Å². The van der Waals surface area contributed by atoms with Crippen LogP contribution in [0, 0.1) is 11.8 Å². The summed E-state index contributed by atoms with van der Waals surface area (Å²) in [5.74, 6) is 1.70. The van der Waals surface area contributed by atoms with Crippen molar-refractivity contribution >= 4 is 0 Å². The van der Waals surface area contributed by atoms with E-state index < -0.39 is 0 Å². The van der Waals surface area contributed by atoms with Gasteiger partial charge in [0.1, 0.15) is 0 Å². The van der Waals surface area contributed by atoms with Gasteiger partial charge in [0.2, 0.25) is 0 Å². The molecule has 0 aliphatic rings. The van der Waals surface area contributed by atoms with Gasteiger partial charge in [-0.3, -0.25) is 0 Å². The van der Waals surface area contributed by atoms with Crippen LogP contribution in [0.25, 0.3) is 0 Å². The van der Waals surface area contributed by atoms with Crippen LogP contribution in [0.2, 0.25) is 0 Å². The number of unbranched alkanes of at least 4 members (excludes halogenated alkanes) is 4. The third kappa shape index (κ3) is 8.29. The predicted octanol–water partition coefficient (Wildman–Crippen LogP) is 3.61. The second-order valence-corrected chi connectivity index (χ2v) is 4.50. The molecule has 1 atom stereocenters. The highest BCUT2D eigenvalue weighted by Crippen LogP contribution is 2.18. The Morgan fingerprint density at radius 1 is 0.846 bits per heavy atom. The van der Waals surface area contributed by atoms with Gasteiger partial charge in [-0.1, -0.05) is 52.9 Å². The van der Waals surface area contributed by atoms with Gasteiger partial charge in [-0.25, -0.2) is 0 Å². The smallest absolute Gasteiger partial charge is 0.0431 e. The zero-order chi connectivity index (χ0) is 10.1. The number of hydrogen-bond acceptors (Lipinski definition) is 1. The van der Waals surface area contributed by atoms with Crippen LogP contribution in [0.3, 0.4) is 0 Å². The fourth-order valence-corrected chi connectivity index (χ4v) is 1.44. The molecule has 0 saturated heterocycles. The third-order valence-electron chi connectivity index (χ3n) is 2.96. The van der Waals surface area contributed by atoms with E-state index in [1.165, 1.54) is 32.1 Å². The maximum Gasteiger partial charge on any atom is 0.0431 e. The molecule has 0 amide bonds. The van der Waals surface area contributed by atoms with Crippen molar-refractivity contribution in [3.63, 3.8) is 0 Å². The van der Waals surface area contributed by atoms with Gasteiger partial charge >= 0.3 is 0 Å². The molecule has 1 heteroatoms. The van der Waals surface area contributed by atoms with Gasteiger partial charge in [0, 0.05) is 6.61 Å². The van der Waals surface area contributed by atoms with E-state index in [1.54, 1.807) is 0 Å². The van der Waals surface area contributed by atoms with E-state index >= 15 is 0 Å². The first-order chi connectivity index (χ1) is 6.18. The van der Waals surface area contributed by atoms with E-state index in [0.29, 0.717) is 6.61 Å². The third-order valence-corrected chi connectivity index (χ3v) is 2.96. The summed E-state index contributed by atoms with van der Waals surface area (Å²) in [6.07, 6.45) is 7.57. The Kier molecular flexibility index (Phi) is 8.53. The van der Waals surface area contributed by atoms with Crippen LogP contribution in [0.4, 0.5) is 0 Å². The molecule has 0 heterocycles. The zero-order valence-corrected chi connectivity index (χ0v) is 9.55. The lowest BCUT2D eigenvalue weighted by Gasteiger charge is -2.14. The van der Waals surface area contributed by atoms with Crippen molar-refractivity contribution in [2.45, 2.75) is 59.3 Å². The van der Waals surface area contributed by atoms with E-state index in [1.807, 2.05) is 0 Å². The summed E-state index contributed by atoms with van der Waals surface area (Å²) in [7, 11) is 0. The average Bonchev–Trinajstić information content (AvgIpc) is 2.10. The van der Waals surface area contributed by atoms with Gasteiger partial charge in [-0.15, -0.1) is 0 Å². The monoisotopic (exact) mass is 186 g/mol. The van der Waals surface area contributed by atoms with Crippen LogP contribution in [-0.4, -0.2) is 11.7 Å². The summed E-state index contributed by atoms with van der Waals surface area (Å²) >= 11 is 0. The van der Waals surface area contributed by atoms with E-state index in [2.05, 4.69) is 20.8 Å². The fourth-order valence-electron chi connectivity index (χ4n) is 1.44. The van der Waals surface area contributed by atoms with E-state index in [4.69, 9.17) is 5.11 Å². The molecule has 0 aliphatic heterocycles. The van der Waals surface area contributed by atoms with Gasteiger partial charge in [-0.2, -0.15) is 0 Å². The quantitative estimate of drug-likeness (QED) is 0.574. The Hall–Kier alpha value is -0.0400. The van der Waals surface area contributed by atoms with Crippen LogP contribution in [0.5, 0.6) is 0 Å². The Morgan fingerprint density at radius 2 is 1.38 bits per heavy atom. The lowest BCUT2D eigenvalue weighted by molar-refractivity contribution is 0.281. The number of hydrogen-bond donors (Lipinski definition) is 1. The normalized spacial score (nSPS) is 13.6. The molecule has 0 saturated carbocycles. The Morgan fingerprint density at radius 3 is 1.92 bits per heavy atom. The summed E-state index contributed by atoms with van der Waals surface area (Å²) < 4.78 is 0. The number of aliphatic hydroxyl groups is 1. The lowest BCUT2D eigenvalue weighted by Crippen LogP contribution is -2.03. The molecule has 0 fully saturated rings. The van der Waals surface area contributed by atoms with Crippen molar-refractivity contribution in [2.75, 3.05) is 6.61 Å². The predicted molar refractivity (Wildman–Crippen MR) is 58.8 cm³/mol. The standard InChI is InChI=1S/C12H26O/c1-11(2)12(3)9-7-5-4-6-8-10-13/h11-13H,4-10H2,1-3H3. The summed E-state index contributed by atoms with van der Waals surface area (Å²) in [5, 5.41) is 8.58. The summed E-state index contributed by atoms with van der Waals surface area (Å²) in [4.78, 5) is 0. The maximum atomic E-state index is 8.58. The topological polar surface area (TPSA) is 20.2 Å². The Bertz CT molecular complexity index is 99.3. The first kappa shape index (κ1) is 13.0. The minimum Gasteiger partial charge on any atom is -0.396 e. The highest BCUT2D eigenvalue weighted by Gasteiger charge is 2.05. The molecule has 0 bridgehead atoms. The second-order valence-electron chi connectivity index (χ2n) is 4.50. The summed E-state index contributed by atoms with van der Waals surface area (Å²) in [6.45, 7) is 7.31. The molecule has 0 aromatic heterocycles. The first-order valence-corrected chi connectivity index (χ1v) is 5.79. The Labute approximate surface area is 83.5 Å². The highest BCUT2D eigenvalue weighted by atomic mass is 16.2. The molecule has 0 aromatic carbocycles. The first-order valence-electron chi connectivity index (χ1n) is 5.79. The van der Waals surface area contributed by atoms with Crippen LogP contribution < -0.4 is 0 Å². The molecule has 0 spiro atoms. The van der Waals surface area contributed by atoms with Gasteiger partial charge in [-0.05, 0) is 18.3 Å². The molecule has 1 nitrogen and oxygen atoms in total. The van der Waals surface area contributed by atoms with Crippen LogP contribution in [0.15, 0.2) is 0 Å². The molecule has 0 aromatic rings. The van der Waals surface area contributed by atoms with Crippen molar-refractivity contribution in [3.8, 4) is 0 Å². The minimum absolute atomic E-state index is 0.363. The SMILES string of the molecule is CC(C)C(C)CCCCCCCO. The molecular weight excluding hydrogens is 160 g/mol. The van der Waals surface area contributed by atoms with E-state index in [9.17, 15) is 0 Å². The van der Waals surface area contributed by atoms with Gasteiger partial charge in [0.15, 0.2) is 0 Å². The van der Waals surface area contributed by atoms with Crippen molar-refractivity contribution in [2.24, 2.45) is 11.8 Å². The van der Waals surface area contributed by atoms with Crippen LogP contribution >= 0.6 is 0 Å². The molecular formula is C12H26O. The molecule has 0 radical (unpaired) electrons. The minimum atomic E-state index is 0.363. The molecule has 0 rings (SSSR count). The molecule has 1 unspecified atom stereocenters. The lowest BCUT2D eigenvalue weighted by atomic mass is 9.92. The van der Waals surface area contributed by atoms with Crippen molar-refractivity contribution in [3.05, 3.63) is 0 Å². The van der Waals surface area contributed by atoms with E-state index in [-0.39, 0.29) is 0 Å². The van der Waals surface area contributed by atoms with E-state index in [0.717, 1.165) is 18.3 Å². The largest absolute Gasteiger partial charge is 0.396 e. The summed E-state index contributed by atoms with van der Waals surface area (Å²) in [5.41, 5.74) is 0. The zero-order valence-electron chi connectivity index (χ0n) is 9.55. The number of aliphatic hydroxyl groups excluding tert-OH is 1. The number of rotatable bonds is 8. The summed E-state index contributed by atoms with van der Waals surface area (Å²) in [6, 6.07) is 0. The van der Waals surface area contributed by atoms with Crippen LogP contribution in [0.1, 0.15) is 59.3 Å². The van der Waals surface area contributed by atoms with Crippen molar-refractivity contribution in [1.29, 1.82) is 0 Å². The molecule has 80 valence electrons. The second kappa shape index (κ2) is 8.55. The van der Waals surface area contributed by atoms with Gasteiger partial charge in [0.05, 0.1) is 0 Å². The maximum absolute atomic E-state index is 8.58. The molecule has 0 aliphatic carbocycles. The molecule has 1 N–H and O–H groups in total. The Balaban J connectivity index is 3.07.